The number of ketones is 1. The van der Waals surface area contributed by atoms with Crippen LogP contribution in [0, 0.1) is 0 Å². The molecule has 2 aromatic rings. The Balaban J connectivity index is 1.86. The highest BCUT2D eigenvalue weighted by Crippen LogP contribution is 2.32. The van der Waals surface area contributed by atoms with E-state index in [9.17, 15) is 9.59 Å². The number of carbonyl (C=O) groups excluding carboxylic acids is 1. The van der Waals surface area contributed by atoms with Gasteiger partial charge in [0.1, 0.15) is 0 Å². The molecule has 0 saturated carbocycles. The van der Waals surface area contributed by atoms with Crippen molar-refractivity contribution in [1.82, 2.24) is 4.57 Å². The van der Waals surface area contributed by atoms with Crippen molar-refractivity contribution >= 4 is 21.7 Å². The standard InChI is InChI=1S/C14H10BrNO4/c15-10-2-4-14(18)16(6-10)7-11(17)9-1-3-12-13(5-9)20-8-19-12/h1-6H,7-8H2. The van der Waals surface area contributed by atoms with Gasteiger partial charge < -0.3 is 14.0 Å². The summed E-state index contributed by atoms with van der Waals surface area (Å²) in [6.07, 6.45) is 1.59. The molecule has 1 aliphatic heterocycles. The summed E-state index contributed by atoms with van der Waals surface area (Å²) in [5, 5.41) is 0. The van der Waals surface area contributed by atoms with E-state index >= 15 is 0 Å². The van der Waals surface area contributed by atoms with Gasteiger partial charge in [-0.3, -0.25) is 9.59 Å². The smallest absolute Gasteiger partial charge is 0.251 e. The maximum absolute atomic E-state index is 12.2. The van der Waals surface area contributed by atoms with E-state index in [4.69, 9.17) is 9.47 Å². The molecule has 6 heteroatoms. The molecule has 102 valence electrons. The molecule has 1 aromatic heterocycles. The predicted molar refractivity (Wildman–Crippen MR) is 75.3 cm³/mol. The van der Waals surface area contributed by atoms with E-state index < -0.39 is 0 Å². The zero-order valence-corrected chi connectivity index (χ0v) is 11.9. The number of halogens is 1. The van der Waals surface area contributed by atoms with Crippen molar-refractivity contribution in [2.24, 2.45) is 0 Å². The van der Waals surface area contributed by atoms with Gasteiger partial charge in [-0.05, 0) is 40.2 Å². The Morgan fingerprint density at radius 2 is 2.00 bits per heavy atom. The minimum Gasteiger partial charge on any atom is -0.454 e. The zero-order chi connectivity index (χ0) is 14.1. The lowest BCUT2D eigenvalue weighted by atomic mass is 10.1. The molecule has 1 aromatic carbocycles. The Hall–Kier alpha value is -2.08. The minimum absolute atomic E-state index is 0.0160. The molecule has 0 fully saturated rings. The SMILES string of the molecule is O=C(Cn1cc(Br)ccc1=O)c1ccc2c(c1)OCO2. The van der Waals surface area contributed by atoms with Gasteiger partial charge in [-0.2, -0.15) is 0 Å². The molecule has 0 unspecified atom stereocenters. The lowest BCUT2D eigenvalue weighted by Crippen LogP contribution is -2.22. The Bertz CT molecular complexity index is 738. The van der Waals surface area contributed by atoms with Crippen molar-refractivity contribution < 1.29 is 14.3 Å². The quantitative estimate of drug-likeness (QED) is 0.807. The number of hydrogen-bond acceptors (Lipinski definition) is 4. The molecule has 0 radical (unpaired) electrons. The van der Waals surface area contributed by atoms with Crippen LogP contribution < -0.4 is 15.0 Å². The summed E-state index contributed by atoms with van der Waals surface area (Å²) in [4.78, 5) is 23.9. The molecule has 0 atom stereocenters. The molecule has 1 aliphatic rings. The van der Waals surface area contributed by atoms with Gasteiger partial charge in [0.25, 0.3) is 5.56 Å². The van der Waals surface area contributed by atoms with Crippen molar-refractivity contribution in [2.45, 2.75) is 6.54 Å². The number of ether oxygens (including phenoxy) is 2. The molecular formula is C14H10BrNO4. The summed E-state index contributed by atoms with van der Waals surface area (Å²) in [6, 6.07) is 8.05. The molecule has 0 amide bonds. The number of rotatable bonds is 3. The van der Waals surface area contributed by atoms with Gasteiger partial charge in [0, 0.05) is 22.3 Å². The normalized spacial score (nSPS) is 12.4. The van der Waals surface area contributed by atoms with E-state index in [-0.39, 0.29) is 24.7 Å². The molecule has 20 heavy (non-hydrogen) atoms. The van der Waals surface area contributed by atoms with E-state index in [0.29, 0.717) is 17.1 Å². The third-order valence-electron chi connectivity index (χ3n) is 2.96. The second kappa shape index (κ2) is 5.13. The molecular weight excluding hydrogens is 326 g/mol. The molecule has 0 N–H and O–H groups in total. The van der Waals surface area contributed by atoms with Crippen LogP contribution in [-0.2, 0) is 6.54 Å². The number of nitrogens with zero attached hydrogens (tertiary/aromatic N) is 1. The van der Waals surface area contributed by atoms with Crippen LogP contribution in [-0.4, -0.2) is 17.1 Å². The summed E-state index contributed by atoms with van der Waals surface area (Å²) in [5.41, 5.74) is 0.267. The number of hydrogen-bond donors (Lipinski definition) is 0. The zero-order valence-electron chi connectivity index (χ0n) is 10.3. The molecule has 2 heterocycles. The largest absolute Gasteiger partial charge is 0.454 e. The molecule has 0 bridgehead atoms. The van der Waals surface area contributed by atoms with Gasteiger partial charge in [0.2, 0.25) is 6.79 Å². The van der Waals surface area contributed by atoms with E-state index in [0.717, 1.165) is 4.47 Å². The average Bonchev–Trinajstić information content (AvgIpc) is 2.90. The summed E-state index contributed by atoms with van der Waals surface area (Å²) in [7, 11) is 0. The van der Waals surface area contributed by atoms with E-state index in [2.05, 4.69) is 15.9 Å². The lowest BCUT2D eigenvalue weighted by molar-refractivity contribution is 0.0970. The van der Waals surface area contributed by atoms with Crippen LogP contribution in [0.2, 0.25) is 0 Å². The van der Waals surface area contributed by atoms with Crippen LogP contribution in [0.4, 0.5) is 0 Å². The van der Waals surface area contributed by atoms with Crippen LogP contribution in [0.5, 0.6) is 11.5 Å². The third kappa shape index (κ3) is 2.46. The van der Waals surface area contributed by atoms with Gasteiger partial charge >= 0.3 is 0 Å². The van der Waals surface area contributed by atoms with Gasteiger partial charge in [0.05, 0.1) is 6.54 Å². The first-order valence-electron chi connectivity index (χ1n) is 5.92. The van der Waals surface area contributed by atoms with Crippen molar-refractivity contribution in [3.05, 3.63) is 56.9 Å². The first kappa shape index (κ1) is 12.9. The Labute approximate surface area is 122 Å². The van der Waals surface area contributed by atoms with E-state index in [1.807, 2.05) is 0 Å². The molecule has 0 saturated heterocycles. The molecule has 0 aliphatic carbocycles. The molecule has 3 rings (SSSR count). The maximum atomic E-state index is 12.2. The number of aromatic nitrogens is 1. The predicted octanol–water partition coefficient (Wildman–Crippen LogP) is 2.22. The topological polar surface area (TPSA) is 57.5 Å². The number of Topliss-reactive ketones (excluding diaryl/α,β-unsaturated/α-hetero) is 1. The van der Waals surface area contributed by atoms with Crippen LogP contribution in [0.15, 0.2) is 45.8 Å². The Morgan fingerprint density at radius 1 is 1.20 bits per heavy atom. The summed E-state index contributed by atoms with van der Waals surface area (Å²) >= 11 is 3.28. The second-order valence-electron chi connectivity index (χ2n) is 4.30. The third-order valence-corrected chi connectivity index (χ3v) is 3.42. The minimum atomic E-state index is -0.220. The number of carbonyl (C=O) groups is 1. The second-order valence-corrected chi connectivity index (χ2v) is 5.22. The van der Waals surface area contributed by atoms with Crippen molar-refractivity contribution in [1.29, 1.82) is 0 Å². The number of pyridine rings is 1. The number of fused-ring (bicyclic) bond motifs is 1. The van der Waals surface area contributed by atoms with Crippen LogP contribution >= 0.6 is 15.9 Å². The summed E-state index contributed by atoms with van der Waals surface area (Å²) in [5.74, 6) is 1.02. The lowest BCUT2D eigenvalue weighted by Gasteiger charge is -2.06. The van der Waals surface area contributed by atoms with E-state index in [1.165, 1.54) is 10.6 Å². The van der Waals surface area contributed by atoms with Crippen molar-refractivity contribution in [3.8, 4) is 11.5 Å². The van der Waals surface area contributed by atoms with E-state index in [1.54, 1.807) is 30.5 Å². The fourth-order valence-electron chi connectivity index (χ4n) is 1.94. The fourth-order valence-corrected chi connectivity index (χ4v) is 2.32. The highest BCUT2D eigenvalue weighted by atomic mass is 79.9. The van der Waals surface area contributed by atoms with Gasteiger partial charge in [0.15, 0.2) is 17.3 Å². The monoisotopic (exact) mass is 335 g/mol. The van der Waals surface area contributed by atoms with Crippen LogP contribution in [0.3, 0.4) is 0 Å². The van der Waals surface area contributed by atoms with Crippen molar-refractivity contribution in [3.63, 3.8) is 0 Å². The highest BCUT2D eigenvalue weighted by molar-refractivity contribution is 9.10. The molecule has 0 spiro atoms. The number of benzene rings is 1. The van der Waals surface area contributed by atoms with Crippen LogP contribution in [0.25, 0.3) is 0 Å². The maximum Gasteiger partial charge on any atom is 0.251 e. The summed E-state index contributed by atoms with van der Waals surface area (Å²) in [6.45, 7) is 0.149. The highest BCUT2D eigenvalue weighted by Gasteiger charge is 2.16. The Kier molecular flexibility index (Phi) is 3.31. The van der Waals surface area contributed by atoms with Gasteiger partial charge in [-0.25, -0.2) is 0 Å². The van der Waals surface area contributed by atoms with Gasteiger partial charge in [-0.1, -0.05) is 0 Å². The summed E-state index contributed by atoms with van der Waals surface area (Å²) < 4.78 is 12.5. The molecule has 5 nitrogen and oxygen atoms in total. The first-order valence-corrected chi connectivity index (χ1v) is 6.71. The van der Waals surface area contributed by atoms with Crippen LogP contribution in [0.1, 0.15) is 10.4 Å². The first-order chi connectivity index (χ1) is 9.63. The Morgan fingerprint density at radius 3 is 2.85 bits per heavy atom. The fraction of sp³-hybridized carbons (Fsp3) is 0.143. The van der Waals surface area contributed by atoms with Crippen molar-refractivity contribution in [2.75, 3.05) is 6.79 Å². The van der Waals surface area contributed by atoms with Gasteiger partial charge in [-0.15, -0.1) is 0 Å². The average molecular weight is 336 g/mol.